The van der Waals surface area contributed by atoms with E-state index in [0.717, 1.165) is 28.8 Å². The molecule has 7 rings (SSSR count). The largest absolute Gasteiger partial charge is 0.322 e. The Kier molecular flexibility index (Phi) is 6.64. The molecule has 0 spiro atoms. The molecule has 0 unspecified atom stereocenters. The van der Waals surface area contributed by atoms with Crippen molar-refractivity contribution in [3.8, 4) is 0 Å². The smallest absolute Gasteiger partial charge is 0.320 e. The molecule has 1 heterocycles. The summed E-state index contributed by atoms with van der Waals surface area (Å²) in [5.74, 6) is 1.73. The van der Waals surface area contributed by atoms with Crippen molar-refractivity contribution >= 4 is 11.8 Å². The number of piperidine rings is 1. The van der Waals surface area contributed by atoms with Crippen molar-refractivity contribution < 1.29 is 9.59 Å². The van der Waals surface area contributed by atoms with Crippen molar-refractivity contribution in [2.45, 2.75) is 64.3 Å². The molecule has 2 amide bonds. The predicted octanol–water partition coefficient (Wildman–Crippen LogP) is 8.09. The molecule has 216 valence electrons. The van der Waals surface area contributed by atoms with Crippen LogP contribution in [0.2, 0.25) is 0 Å². The number of carbonyl (C=O) groups excluding carboxylic acids is 2. The first kappa shape index (κ1) is 27.2. The maximum Gasteiger partial charge on any atom is 0.322 e. The summed E-state index contributed by atoms with van der Waals surface area (Å²) in [6.45, 7) is 5.52. The lowest BCUT2D eigenvalue weighted by molar-refractivity contribution is -0.118. The van der Waals surface area contributed by atoms with Gasteiger partial charge in [-0.1, -0.05) is 111 Å². The molecule has 0 bridgehead atoms. The van der Waals surface area contributed by atoms with Crippen LogP contribution in [0.25, 0.3) is 0 Å². The van der Waals surface area contributed by atoms with E-state index < -0.39 is 5.54 Å². The van der Waals surface area contributed by atoms with E-state index in [1.807, 2.05) is 65.6 Å². The summed E-state index contributed by atoms with van der Waals surface area (Å²) in [5.41, 5.74) is 3.23. The number of ketones is 1. The van der Waals surface area contributed by atoms with Gasteiger partial charge >= 0.3 is 6.03 Å². The van der Waals surface area contributed by atoms with Crippen LogP contribution in [0.5, 0.6) is 0 Å². The molecule has 4 aliphatic rings. The van der Waals surface area contributed by atoms with Crippen molar-refractivity contribution in [3.63, 3.8) is 0 Å². The molecule has 3 aromatic rings. The molecule has 2 saturated carbocycles. The lowest BCUT2D eigenvalue weighted by Crippen LogP contribution is -2.61. The van der Waals surface area contributed by atoms with Crippen LogP contribution in [-0.2, 0) is 10.3 Å². The van der Waals surface area contributed by atoms with E-state index >= 15 is 0 Å². The molecular formula is C38H42N2O2. The highest BCUT2D eigenvalue weighted by molar-refractivity contribution is 5.93. The minimum absolute atomic E-state index is 0.123. The number of benzene rings is 3. The first-order valence-electron chi connectivity index (χ1n) is 15.9. The number of hydrogen-bond donors (Lipinski definition) is 1. The summed E-state index contributed by atoms with van der Waals surface area (Å²) >= 11 is 0. The first-order valence-corrected chi connectivity index (χ1v) is 15.9. The van der Waals surface area contributed by atoms with Crippen LogP contribution in [0.3, 0.4) is 0 Å². The van der Waals surface area contributed by atoms with E-state index in [-0.39, 0.29) is 17.2 Å². The highest BCUT2D eigenvalue weighted by Crippen LogP contribution is 2.64. The molecule has 3 fully saturated rings. The number of hydrogen-bond acceptors (Lipinski definition) is 2. The number of nitrogens with one attached hydrogen (secondary N) is 1. The third-order valence-corrected chi connectivity index (χ3v) is 11.7. The van der Waals surface area contributed by atoms with E-state index in [9.17, 15) is 9.59 Å². The molecule has 4 nitrogen and oxygen atoms in total. The molecule has 42 heavy (non-hydrogen) atoms. The van der Waals surface area contributed by atoms with Gasteiger partial charge in [-0.15, -0.1) is 0 Å². The van der Waals surface area contributed by atoms with Gasteiger partial charge < -0.3 is 5.32 Å². The van der Waals surface area contributed by atoms with Gasteiger partial charge in [-0.05, 0) is 72.0 Å². The average molecular weight is 559 g/mol. The van der Waals surface area contributed by atoms with Gasteiger partial charge in [0.25, 0.3) is 0 Å². The molecule has 3 aromatic carbocycles. The number of fused-ring (bicyclic) bond motifs is 5. The average Bonchev–Trinajstić information content (AvgIpc) is 3.43. The topological polar surface area (TPSA) is 49.4 Å². The standard InChI is InChI=1S/C38H42N2O2/c1-36-22-12-19-32(36)31-26-40(34-25-30(41)20-24-37(34,2)33(31)21-23-36)35(42)39-38(27-13-6-3-7-14-27,28-15-8-4-9-16-28)29-17-10-5-11-18-29/h3-11,13-18,25,31-33H,12,19-24,26H2,1-2H3,(H,39,42)/t31-,32-,33-,36-,37+/m0/s1. The van der Waals surface area contributed by atoms with Crippen LogP contribution >= 0.6 is 0 Å². The van der Waals surface area contributed by atoms with Gasteiger partial charge in [-0.2, -0.15) is 0 Å². The van der Waals surface area contributed by atoms with Gasteiger partial charge in [0.2, 0.25) is 0 Å². The highest BCUT2D eigenvalue weighted by atomic mass is 16.2. The first-order chi connectivity index (χ1) is 20.3. The Morgan fingerprint density at radius 3 is 1.93 bits per heavy atom. The number of allylic oxidation sites excluding steroid dienone is 2. The van der Waals surface area contributed by atoms with Crippen molar-refractivity contribution in [2.75, 3.05) is 6.54 Å². The summed E-state index contributed by atoms with van der Waals surface area (Å²) in [5, 5.41) is 3.61. The van der Waals surface area contributed by atoms with Crippen molar-refractivity contribution in [3.05, 3.63) is 119 Å². The molecule has 1 N–H and O–H groups in total. The van der Waals surface area contributed by atoms with E-state index in [4.69, 9.17) is 0 Å². The zero-order valence-electron chi connectivity index (χ0n) is 24.9. The lowest BCUT2D eigenvalue weighted by atomic mass is 9.50. The maximum absolute atomic E-state index is 14.9. The Balaban J connectivity index is 1.36. The van der Waals surface area contributed by atoms with E-state index in [2.05, 4.69) is 55.6 Å². The third kappa shape index (κ3) is 4.17. The van der Waals surface area contributed by atoms with E-state index in [0.29, 0.717) is 36.1 Å². The normalized spacial score (nSPS) is 30.5. The zero-order valence-corrected chi connectivity index (χ0v) is 24.9. The number of urea groups is 1. The maximum atomic E-state index is 14.9. The summed E-state index contributed by atoms with van der Waals surface area (Å²) in [4.78, 5) is 29.9. The van der Waals surface area contributed by atoms with Crippen LogP contribution < -0.4 is 5.32 Å². The monoisotopic (exact) mass is 558 g/mol. The fourth-order valence-corrected chi connectivity index (χ4v) is 9.50. The molecule has 4 heteroatoms. The lowest BCUT2D eigenvalue weighted by Gasteiger charge is -2.59. The van der Waals surface area contributed by atoms with Gasteiger partial charge in [0.1, 0.15) is 5.54 Å². The Hall–Kier alpha value is -3.66. The van der Waals surface area contributed by atoms with Crippen molar-refractivity contribution in [1.29, 1.82) is 0 Å². The summed E-state index contributed by atoms with van der Waals surface area (Å²) in [7, 11) is 0. The second-order valence-electron chi connectivity index (χ2n) is 13.8. The van der Waals surface area contributed by atoms with Crippen molar-refractivity contribution in [2.24, 2.45) is 28.6 Å². The van der Waals surface area contributed by atoms with Gasteiger partial charge in [0.15, 0.2) is 5.78 Å². The number of likely N-dealkylation sites (tertiary alicyclic amines) is 1. The summed E-state index contributed by atoms with van der Waals surface area (Å²) < 4.78 is 0. The minimum atomic E-state index is -0.901. The van der Waals surface area contributed by atoms with E-state index in [1.165, 1.54) is 32.1 Å². The third-order valence-electron chi connectivity index (χ3n) is 11.7. The quantitative estimate of drug-likeness (QED) is 0.329. The second kappa shape index (κ2) is 10.3. The van der Waals surface area contributed by atoms with Crippen molar-refractivity contribution in [1.82, 2.24) is 10.2 Å². The zero-order chi connectivity index (χ0) is 29.0. The summed E-state index contributed by atoms with van der Waals surface area (Å²) in [6.07, 6.45) is 9.51. The molecular weight excluding hydrogens is 516 g/mol. The number of rotatable bonds is 4. The fraction of sp³-hybridized carbons (Fsp3) is 0.421. The fourth-order valence-electron chi connectivity index (χ4n) is 9.50. The van der Waals surface area contributed by atoms with Crippen LogP contribution in [0.15, 0.2) is 103 Å². The molecule has 1 aliphatic heterocycles. The van der Waals surface area contributed by atoms with Crippen LogP contribution in [-0.4, -0.2) is 23.3 Å². The Morgan fingerprint density at radius 1 is 0.786 bits per heavy atom. The molecule has 1 saturated heterocycles. The number of carbonyl (C=O) groups is 2. The van der Waals surface area contributed by atoms with Gasteiger partial charge in [-0.25, -0.2) is 4.79 Å². The minimum Gasteiger partial charge on any atom is -0.320 e. The van der Waals surface area contributed by atoms with Crippen LogP contribution in [0.4, 0.5) is 4.79 Å². The predicted molar refractivity (Wildman–Crippen MR) is 167 cm³/mol. The molecule has 3 aliphatic carbocycles. The Morgan fingerprint density at radius 2 is 1.36 bits per heavy atom. The molecule has 5 atom stereocenters. The second-order valence-corrected chi connectivity index (χ2v) is 13.8. The Bertz CT molecular complexity index is 1400. The van der Waals surface area contributed by atoms with Crippen LogP contribution in [0, 0.1) is 28.6 Å². The van der Waals surface area contributed by atoms with Gasteiger partial charge in [-0.3, -0.25) is 9.69 Å². The van der Waals surface area contributed by atoms with Gasteiger partial charge in [0, 0.05) is 30.2 Å². The van der Waals surface area contributed by atoms with Gasteiger partial charge in [0.05, 0.1) is 0 Å². The summed E-state index contributed by atoms with van der Waals surface area (Å²) in [6, 6.07) is 30.8. The number of nitrogens with zero attached hydrogens (tertiary/aromatic N) is 1. The van der Waals surface area contributed by atoms with Crippen LogP contribution in [0.1, 0.15) is 75.5 Å². The van der Waals surface area contributed by atoms with E-state index in [1.54, 1.807) is 0 Å². The Labute approximate surface area is 250 Å². The molecule has 0 aromatic heterocycles. The number of amides is 2. The molecule has 0 radical (unpaired) electrons. The SMILES string of the molecule is C[C@@]12CCC[C@H]1[C@@H]1CN(C(=O)NC(c3ccccc3)(c3ccccc3)c3ccccc3)C3=CC(=O)CC[C@]3(C)[C@H]1CC2. The highest BCUT2D eigenvalue weighted by Gasteiger charge is 2.59.